The molecule has 2 aromatic carbocycles. The Hall–Kier alpha value is -2.80. The highest BCUT2D eigenvalue weighted by Crippen LogP contribution is 2.47. The summed E-state index contributed by atoms with van der Waals surface area (Å²) in [6.45, 7) is 11.8. The van der Waals surface area contributed by atoms with E-state index < -0.39 is 0 Å². The van der Waals surface area contributed by atoms with Crippen LogP contribution in [0.1, 0.15) is 51.3 Å². The minimum atomic E-state index is 0.0261. The van der Waals surface area contributed by atoms with Crippen molar-refractivity contribution in [1.29, 1.82) is 0 Å². The van der Waals surface area contributed by atoms with Crippen molar-refractivity contribution in [3.63, 3.8) is 0 Å². The van der Waals surface area contributed by atoms with Crippen molar-refractivity contribution in [2.75, 3.05) is 11.9 Å². The van der Waals surface area contributed by atoms with Crippen molar-refractivity contribution in [3.8, 4) is 0 Å². The van der Waals surface area contributed by atoms with E-state index in [2.05, 4.69) is 138 Å². The molecule has 1 heterocycles. The van der Waals surface area contributed by atoms with Gasteiger partial charge in [-0.25, -0.2) is 0 Å². The molecule has 1 heteroatoms. The maximum atomic E-state index is 2.41. The zero-order valence-electron chi connectivity index (χ0n) is 20.5. The van der Waals surface area contributed by atoms with E-state index in [1.807, 2.05) is 0 Å². The molecule has 0 aromatic heterocycles. The first kappa shape index (κ1) is 22.4. The van der Waals surface area contributed by atoms with Crippen molar-refractivity contribution in [3.05, 3.63) is 113 Å². The lowest BCUT2D eigenvalue weighted by Gasteiger charge is -2.43. The Bertz CT molecular complexity index is 1090. The van der Waals surface area contributed by atoms with Crippen LogP contribution in [0.3, 0.4) is 0 Å². The molecule has 1 nitrogen and oxygen atoms in total. The van der Waals surface area contributed by atoms with Gasteiger partial charge in [-0.15, -0.1) is 0 Å². The van der Waals surface area contributed by atoms with Gasteiger partial charge in [0.25, 0.3) is 0 Å². The maximum Gasteiger partial charge on any atom is 0.0447 e. The third-order valence-electron chi connectivity index (χ3n) is 7.66. The number of nitrogens with zero attached hydrogens (tertiary/aromatic N) is 1. The number of fused-ring (bicyclic) bond motifs is 2. The number of likely N-dealkylation sites (N-methyl/N-ethyl adjacent to an activating group) is 1. The van der Waals surface area contributed by atoms with Crippen LogP contribution in [0.5, 0.6) is 0 Å². The summed E-state index contributed by atoms with van der Waals surface area (Å²) >= 11 is 0. The number of benzene rings is 2. The summed E-state index contributed by atoms with van der Waals surface area (Å²) in [4.78, 5) is 2.31. The average molecular weight is 424 g/mol. The highest BCUT2D eigenvalue weighted by Gasteiger charge is 2.39. The fourth-order valence-electron chi connectivity index (χ4n) is 5.95. The molecule has 166 valence electrons. The molecule has 2 atom stereocenters. The predicted molar refractivity (Wildman–Crippen MR) is 139 cm³/mol. The Balaban J connectivity index is 1.43. The minimum Gasteiger partial charge on any atom is -0.347 e. The van der Waals surface area contributed by atoms with Gasteiger partial charge < -0.3 is 4.90 Å². The second kappa shape index (κ2) is 8.62. The molecule has 2 aromatic rings. The molecule has 0 bridgehead atoms. The van der Waals surface area contributed by atoms with Gasteiger partial charge in [0.15, 0.2) is 0 Å². The van der Waals surface area contributed by atoms with Crippen molar-refractivity contribution in [2.45, 2.75) is 51.9 Å². The molecule has 1 aliphatic carbocycles. The van der Waals surface area contributed by atoms with Gasteiger partial charge in [-0.1, -0.05) is 114 Å². The zero-order valence-corrected chi connectivity index (χ0v) is 20.5. The molecule has 0 spiro atoms. The van der Waals surface area contributed by atoms with Gasteiger partial charge in [0, 0.05) is 23.8 Å². The first-order valence-corrected chi connectivity index (χ1v) is 11.9. The van der Waals surface area contributed by atoms with Gasteiger partial charge in [-0.2, -0.15) is 0 Å². The van der Waals surface area contributed by atoms with Gasteiger partial charge in [0.2, 0.25) is 0 Å². The summed E-state index contributed by atoms with van der Waals surface area (Å²) < 4.78 is 0. The lowest BCUT2D eigenvalue weighted by Crippen LogP contribution is -2.38. The lowest BCUT2D eigenvalue weighted by molar-refractivity contribution is 0.257. The molecule has 0 saturated carbocycles. The lowest BCUT2D eigenvalue weighted by atomic mass is 9.61. The third-order valence-corrected chi connectivity index (χ3v) is 7.66. The van der Waals surface area contributed by atoms with Crippen LogP contribution in [-0.2, 0) is 17.3 Å². The standard InChI is InChI=1S/C31H37N/c1-23-22-24-16-12-13-18-26(24)30(2,3)25(23)17-10-8-7-9-11-21-29-31(4,5)27-19-14-15-20-28(27)32(29)6/h7-21,23,25H,22H2,1-6H3. The van der Waals surface area contributed by atoms with Gasteiger partial charge in [0.05, 0.1) is 0 Å². The van der Waals surface area contributed by atoms with Gasteiger partial charge >= 0.3 is 0 Å². The van der Waals surface area contributed by atoms with E-state index in [0.717, 1.165) is 6.42 Å². The van der Waals surface area contributed by atoms with E-state index >= 15 is 0 Å². The maximum absolute atomic E-state index is 2.41. The summed E-state index contributed by atoms with van der Waals surface area (Å²) in [7, 11) is 2.16. The summed E-state index contributed by atoms with van der Waals surface area (Å²) in [6.07, 6.45) is 16.6. The van der Waals surface area contributed by atoms with Crippen LogP contribution in [0.15, 0.2) is 96.8 Å². The van der Waals surface area contributed by atoms with Crippen LogP contribution in [0.2, 0.25) is 0 Å². The number of hydrogen-bond donors (Lipinski definition) is 0. The van der Waals surface area contributed by atoms with Gasteiger partial charge in [-0.3, -0.25) is 0 Å². The summed E-state index contributed by atoms with van der Waals surface area (Å²) in [6, 6.07) is 17.7. The van der Waals surface area contributed by atoms with Crippen molar-refractivity contribution in [2.24, 2.45) is 11.8 Å². The van der Waals surface area contributed by atoms with Crippen molar-refractivity contribution < 1.29 is 0 Å². The van der Waals surface area contributed by atoms with Crippen LogP contribution < -0.4 is 4.90 Å². The number of rotatable bonds is 4. The van der Waals surface area contributed by atoms with Crippen LogP contribution in [-0.4, -0.2) is 7.05 Å². The van der Waals surface area contributed by atoms with Crippen molar-refractivity contribution in [1.82, 2.24) is 0 Å². The number of para-hydroxylation sites is 1. The third kappa shape index (κ3) is 3.90. The monoisotopic (exact) mass is 423 g/mol. The average Bonchev–Trinajstić information content (AvgIpc) is 2.95. The zero-order chi connectivity index (χ0) is 22.9. The topological polar surface area (TPSA) is 3.24 Å². The molecular formula is C31H37N. The van der Waals surface area contributed by atoms with E-state index in [9.17, 15) is 0 Å². The summed E-state index contributed by atoms with van der Waals surface area (Å²) in [5.41, 5.74) is 7.24. The number of allylic oxidation sites excluding steroid dienone is 8. The van der Waals surface area contributed by atoms with E-state index in [0.29, 0.717) is 11.8 Å². The number of anilines is 1. The van der Waals surface area contributed by atoms with E-state index in [1.165, 1.54) is 28.1 Å². The van der Waals surface area contributed by atoms with Crippen molar-refractivity contribution >= 4 is 5.69 Å². The number of hydrogen-bond acceptors (Lipinski definition) is 1. The van der Waals surface area contributed by atoms with Crippen LogP contribution in [0.4, 0.5) is 5.69 Å². The minimum absolute atomic E-state index is 0.0261. The first-order valence-electron chi connectivity index (χ1n) is 11.9. The fourth-order valence-corrected chi connectivity index (χ4v) is 5.95. The highest BCUT2D eigenvalue weighted by atomic mass is 15.2. The Morgan fingerprint density at radius 1 is 0.812 bits per heavy atom. The quantitative estimate of drug-likeness (QED) is 0.454. The highest BCUT2D eigenvalue weighted by molar-refractivity contribution is 5.70. The molecule has 0 fully saturated rings. The largest absolute Gasteiger partial charge is 0.347 e. The van der Waals surface area contributed by atoms with E-state index in [4.69, 9.17) is 0 Å². The molecule has 0 amide bonds. The molecular weight excluding hydrogens is 386 g/mol. The second-order valence-corrected chi connectivity index (χ2v) is 10.5. The Morgan fingerprint density at radius 2 is 1.44 bits per heavy atom. The van der Waals surface area contributed by atoms with Crippen LogP contribution in [0.25, 0.3) is 0 Å². The molecule has 2 unspecified atom stereocenters. The normalized spacial score (nSPS) is 25.2. The molecule has 4 rings (SSSR count). The van der Waals surface area contributed by atoms with Crippen LogP contribution in [0, 0.1) is 11.8 Å². The Morgan fingerprint density at radius 3 is 2.19 bits per heavy atom. The van der Waals surface area contributed by atoms with Gasteiger partial charge in [-0.05, 0) is 52.5 Å². The summed E-state index contributed by atoms with van der Waals surface area (Å²) in [5, 5.41) is 0. The molecule has 0 N–H and O–H groups in total. The molecule has 1 aliphatic heterocycles. The SMILES string of the molecule is CC1Cc2ccccc2C(C)(C)C1C=CC=CC=CC=C1N(C)c2ccccc2C1(C)C. The fraction of sp³-hybridized carbons (Fsp3) is 0.355. The Labute approximate surface area is 194 Å². The molecule has 2 aliphatic rings. The molecule has 0 radical (unpaired) electrons. The summed E-state index contributed by atoms with van der Waals surface area (Å²) in [5.74, 6) is 1.19. The molecule has 32 heavy (non-hydrogen) atoms. The first-order chi connectivity index (χ1) is 15.2. The van der Waals surface area contributed by atoms with E-state index in [-0.39, 0.29) is 10.8 Å². The predicted octanol–water partition coefficient (Wildman–Crippen LogP) is 7.75. The van der Waals surface area contributed by atoms with Crippen LogP contribution >= 0.6 is 0 Å². The Kier molecular flexibility index (Phi) is 6.03. The van der Waals surface area contributed by atoms with E-state index in [1.54, 1.807) is 0 Å². The smallest absolute Gasteiger partial charge is 0.0447 e. The molecule has 0 saturated heterocycles. The van der Waals surface area contributed by atoms with Gasteiger partial charge in [0.1, 0.15) is 0 Å². The second-order valence-electron chi connectivity index (χ2n) is 10.5.